The first-order chi connectivity index (χ1) is 11.2. The average Bonchev–Trinajstić information content (AvgIpc) is 2.81. The van der Waals surface area contributed by atoms with Gasteiger partial charge >= 0.3 is 5.97 Å². The minimum absolute atomic E-state index is 0.0526. The van der Waals surface area contributed by atoms with Gasteiger partial charge in [-0.2, -0.15) is 0 Å². The van der Waals surface area contributed by atoms with Gasteiger partial charge in [-0.25, -0.2) is 8.42 Å². The number of thioether (sulfide) groups is 1. The summed E-state index contributed by atoms with van der Waals surface area (Å²) in [4.78, 5) is 23.5. The third-order valence-corrected chi connectivity index (χ3v) is 6.75. The lowest BCUT2D eigenvalue weighted by Crippen LogP contribution is -2.22. The second kappa shape index (κ2) is 8.02. The fourth-order valence-corrected chi connectivity index (χ4v) is 5.95. The number of aryl methyl sites for hydroxylation is 2. The van der Waals surface area contributed by atoms with Crippen LogP contribution >= 0.6 is 11.8 Å². The van der Waals surface area contributed by atoms with Crippen molar-refractivity contribution >= 4 is 39.2 Å². The summed E-state index contributed by atoms with van der Waals surface area (Å²) in [6.07, 6.45) is 0.563. The summed E-state index contributed by atoms with van der Waals surface area (Å²) in [7, 11) is -2.95. The summed E-state index contributed by atoms with van der Waals surface area (Å²) in [5, 5.41) is 2.62. The highest BCUT2D eigenvalue weighted by Gasteiger charge is 2.28. The molecule has 1 aliphatic rings. The number of nitrogens with one attached hydrogen (secondary N) is 1. The summed E-state index contributed by atoms with van der Waals surface area (Å²) in [6, 6.07) is 5.67. The van der Waals surface area contributed by atoms with Crippen molar-refractivity contribution in [1.82, 2.24) is 0 Å². The first kappa shape index (κ1) is 18.8. The third-order valence-electron chi connectivity index (χ3n) is 3.50. The lowest BCUT2D eigenvalue weighted by molar-refractivity contribution is -0.144. The highest BCUT2D eigenvalue weighted by molar-refractivity contribution is 8.02. The van der Waals surface area contributed by atoms with Crippen LogP contribution in [0.15, 0.2) is 18.2 Å². The third kappa shape index (κ3) is 6.16. The van der Waals surface area contributed by atoms with Crippen LogP contribution in [0.2, 0.25) is 0 Å². The number of carbonyl (C=O) groups is 2. The summed E-state index contributed by atoms with van der Waals surface area (Å²) in [5.74, 6) is -0.575. The number of hydrogen-bond acceptors (Lipinski definition) is 6. The van der Waals surface area contributed by atoms with Crippen molar-refractivity contribution < 1.29 is 22.7 Å². The average molecular weight is 371 g/mol. The molecule has 0 aromatic heterocycles. The normalized spacial score (nSPS) is 19.0. The fourth-order valence-electron chi connectivity index (χ4n) is 2.51. The molecule has 132 valence electrons. The molecule has 1 aliphatic heterocycles. The molecular formula is C16H21NO5S2. The van der Waals surface area contributed by atoms with Gasteiger partial charge in [-0.3, -0.25) is 9.59 Å². The molecule has 6 nitrogen and oxygen atoms in total. The smallest absolute Gasteiger partial charge is 0.316 e. The summed E-state index contributed by atoms with van der Waals surface area (Å²) in [5.41, 5.74) is 2.73. The molecule has 0 radical (unpaired) electrons. The van der Waals surface area contributed by atoms with Gasteiger partial charge in [0.05, 0.1) is 17.3 Å². The van der Waals surface area contributed by atoms with E-state index in [0.29, 0.717) is 12.1 Å². The zero-order valence-corrected chi connectivity index (χ0v) is 15.3. The molecule has 1 aromatic carbocycles. The van der Waals surface area contributed by atoms with Crippen LogP contribution in [0.4, 0.5) is 5.69 Å². The van der Waals surface area contributed by atoms with E-state index in [-0.39, 0.29) is 29.1 Å². The number of carbonyl (C=O) groups excluding carboxylic acids is 2. The molecule has 0 unspecified atom stereocenters. The number of anilines is 1. The Bertz CT molecular complexity index is 710. The van der Waals surface area contributed by atoms with Gasteiger partial charge < -0.3 is 10.1 Å². The van der Waals surface area contributed by atoms with E-state index in [9.17, 15) is 18.0 Å². The highest BCUT2D eigenvalue weighted by atomic mass is 32.2. The van der Waals surface area contributed by atoms with E-state index in [0.717, 1.165) is 11.1 Å². The minimum atomic E-state index is -2.95. The van der Waals surface area contributed by atoms with Gasteiger partial charge in [0.2, 0.25) is 0 Å². The molecule has 0 bridgehead atoms. The van der Waals surface area contributed by atoms with Crippen LogP contribution in [0.5, 0.6) is 0 Å². The molecule has 1 aromatic rings. The van der Waals surface area contributed by atoms with Crippen molar-refractivity contribution in [2.75, 3.05) is 29.2 Å². The molecule has 8 heteroatoms. The van der Waals surface area contributed by atoms with Crippen LogP contribution in [0.1, 0.15) is 17.5 Å². The number of esters is 1. The Hall–Kier alpha value is -1.54. The van der Waals surface area contributed by atoms with Crippen LogP contribution in [-0.2, 0) is 24.2 Å². The van der Waals surface area contributed by atoms with Crippen molar-refractivity contribution in [1.29, 1.82) is 0 Å². The van der Waals surface area contributed by atoms with Gasteiger partial charge in [0.15, 0.2) is 16.4 Å². The Morgan fingerprint density at radius 3 is 2.50 bits per heavy atom. The molecule has 0 aliphatic carbocycles. The predicted octanol–water partition coefficient (Wildman–Crippen LogP) is 1.71. The Kier molecular flexibility index (Phi) is 6.28. The van der Waals surface area contributed by atoms with Gasteiger partial charge in [-0.05, 0) is 43.5 Å². The summed E-state index contributed by atoms with van der Waals surface area (Å²) >= 11 is 1.27. The fraction of sp³-hybridized carbons (Fsp3) is 0.500. The van der Waals surface area contributed by atoms with Crippen LogP contribution in [-0.4, -0.2) is 49.4 Å². The number of benzene rings is 1. The quantitative estimate of drug-likeness (QED) is 0.766. The lowest BCUT2D eigenvalue weighted by Gasteiger charge is -2.09. The zero-order chi connectivity index (χ0) is 17.7. The Balaban J connectivity index is 1.70. The van der Waals surface area contributed by atoms with E-state index in [1.165, 1.54) is 11.8 Å². The maximum atomic E-state index is 11.8. The van der Waals surface area contributed by atoms with E-state index in [1.54, 1.807) is 0 Å². The maximum Gasteiger partial charge on any atom is 0.316 e. The van der Waals surface area contributed by atoms with Gasteiger partial charge in [-0.15, -0.1) is 11.8 Å². The molecule has 1 heterocycles. The van der Waals surface area contributed by atoms with Crippen molar-refractivity contribution in [3.05, 3.63) is 29.3 Å². The summed E-state index contributed by atoms with van der Waals surface area (Å²) < 4.78 is 27.6. The predicted molar refractivity (Wildman–Crippen MR) is 95.0 cm³/mol. The number of ether oxygens (including phenoxy) is 1. The van der Waals surface area contributed by atoms with Gasteiger partial charge in [0.1, 0.15) is 0 Å². The van der Waals surface area contributed by atoms with Crippen molar-refractivity contribution in [3.8, 4) is 0 Å². The van der Waals surface area contributed by atoms with E-state index in [4.69, 9.17) is 4.74 Å². The monoisotopic (exact) mass is 371 g/mol. The SMILES string of the molecule is Cc1cc(C)cc(NC(=O)COC(=O)CS[C@@H]2CCS(=O)(=O)C2)c1. The molecule has 0 saturated carbocycles. The van der Waals surface area contributed by atoms with Crippen molar-refractivity contribution in [2.45, 2.75) is 25.5 Å². The second-order valence-corrected chi connectivity index (χ2v) is 9.44. The topological polar surface area (TPSA) is 89.5 Å². The van der Waals surface area contributed by atoms with Crippen molar-refractivity contribution in [3.63, 3.8) is 0 Å². The second-order valence-electron chi connectivity index (χ2n) is 5.92. The summed E-state index contributed by atoms with van der Waals surface area (Å²) in [6.45, 7) is 3.52. The van der Waals surface area contributed by atoms with Crippen LogP contribution in [0.25, 0.3) is 0 Å². The molecule has 1 N–H and O–H groups in total. The van der Waals surface area contributed by atoms with E-state index in [2.05, 4.69) is 5.32 Å². The molecule has 24 heavy (non-hydrogen) atoms. The standard InChI is InChI=1S/C16H21NO5S2/c1-11-5-12(2)7-13(6-11)17-15(18)8-22-16(19)9-23-14-3-4-24(20,21)10-14/h5-7,14H,3-4,8-10H2,1-2H3,(H,17,18)/t14-/m1/s1. The number of hydrogen-bond donors (Lipinski definition) is 1. The highest BCUT2D eigenvalue weighted by Crippen LogP contribution is 2.24. The van der Waals surface area contributed by atoms with E-state index >= 15 is 0 Å². The Labute approximate surface area is 146 Å². The molecule has 1 fully saturated rings. The number of sulfone groups is 1. The lowest BCUT2D eigenvalue weighted by atomic mass is 10.1. The molecule has 1 amide bonds. The van der Waals surface area contributed by atoms with Crippen molar-refractivity contribution in [2.24, 2.45) is 0 Å². The van der Waals surface area contributed by atoms with Crippen LogP contribution in [0, 0.1) is 13.8 Å². The molecule has 1 atom stereocenters. The largest absolute Gasteiger partial charge is 0.455 e. The maximum absolute atomic E-state index is 11.8. The number of rotatable bonds is 6. The Morgan fingerprint density at radius 2 is 1.92 bits per heavy atom. The van der Waals surface area contributed by atoms with Crippen LogP contribution < -0.4 is 5.32 Å². The number of amides is 1. The van der Waals surface area contributed by atoms with E-state index < -0.39 is 21.7 Å². The van der Waals surface area contributed by atoms with Gasteiger partial charge in [0.25, 0.3) is 5.91 Å². The zero-order valence-electron chi connectivity index (χ0n) is 13.7. The first-order valence-corrected chi connectivity index (χ1v) is 10.5. The molecular weight excluding hydrogens is 350 g/mol. The minimum Gasteiger partial charge on any atom is -0.455 e. The first-order valence-electron chi connectivity index (χ1n) is 7.59. The molecule has 0 spiro atoms. The van der Waals surface area contributed by atoms with Gasteiger partial charge in [0, 0.05) is 10.9 Å². The molecule has 1 saturated heterocycles. The van der Waals surface area contributed by atoms with Gasteiger partial charge in [-0.1, -0.05) is 6.07 Å². The van der Waals surface area contributed by atoms with Crippen LogP contribution in [0.3, 0.4) is 0 Å². The molecule has 2 rings (SSSR count). The van der Waals surface area contributed by atoms with E-state index in [1.807, 2.05) is 32.0 Å². The Morgan fingerprint density at radius 1 is 1.25 bits per heavy atom.